The number of nitrogens with one attached hydrogen (secondary N) is 2. The quantitative estimate of drug-likeness (QED) is 0.836. The van der Waals surface area contributed by atoms with Crippen LogP contribution >= 0.6 is 0 Å². The zero-order valence-corrected chi connectivity index (χ0v) is 15.6. The molecule has 25 heavy (non-hydrogen) atoms. The molecule has 2 N–H and O–H groups in total. The van der Waals surface area contributed by atoms with Crippen LogP contribution in [0.2, 0.25) is 0 Å². The molecule has 0 aromatic heterocycles. The van der Waals surface area contributed by atoms with Crippen molar-refractivity contribution < 1.29 is 9.59 Å². The molecule has 2 saturated carbocycles. The maximum absolute atomic E-state index is 12.6. The highest BCUT2D eigenvalue weighted by Gasteiger charge is 2.44. The molecule has 3 amide bonds. The van der Waals surface area contributed by atoms with E-state index in [1.165, 1.54) is 25.7 Å². The number of urea groups is 1. The number of carbonyl (C=O) groups is 2. The first-order chi connectivity index (χ1) is 11.8. The van der Waals surface area contributed by atoms with Gasteiger partial charge in [0.2, 0.25) is 5.91 Å². The van der Waals surface area contributed by atoms with Crippen LogP contribution in [0.15, 0.2) is 24.3 Å². The molecule has 0 radical (unpaired) electrons. The molecule has 2 aliphatic carbocycles. The molecule has 0 bridgehead atoms. The molecule has 3 rings (SSSR count). The monoisotopic (exact) mass is 343 g/mol. The van der Waals surface area contributed by atoms with E-state index in [9.17, 15) is 9.59 Å². The van der Waals surface area contributed by atoms with Crippen molar-refractivity contribution in [1.82, 2.24) is 4.90 Å². The van der Waals surface area contributed by atoms with Crippen LogP contribution in [0, 0.1) is 17.3 Å². The summed E-state index contributed by atoms with van der Waals surface area (Å²) in [5.41, 5.74) is 0.941. The lowest BCUT2D eigenvalue weighted by Crippen LogP contribution is -2.42. The Hall–Kier alpha value is -2.04. The highest BCUT2D eigenvalue weighted by molar-refractivity contribution is 5.96. The largest absolute Gasteiger partial charge is 0.326 e. The van der Waals surface area contributed by atoms with E-state index in [-0.39, 0.29) is 11.9 Å². The molecule has 5 nitrogen and oxygen atoms in total. The Morgan fingerprint density at radius 2 is 1.56 bits per heavy atom. The topological polar surface area (TPSA) is 61.4 Å². The predicted octanol–water partition coefficient (Wildman–Crippen LogP) is 4.32. The van der Waals surface area contributed by atoms with Crippen LogP contribution in [-0.4, -0.2) is 29.9 Å². The fourth-order valence-corrected chi connectivity index (χ4v) is 3.23. The van der Waals surface area contributed by atoms with Crippen LogP contribution in [-0.2, 0) is 4.79 Å². The summed E-state index contributed by atoms with van der Waals surface area (Å²) >= 11 is 0. The van der Waals surface area contributed by atoms with E-state index >= 15 is 0 Å². The number of carbonyl (C=O) groups excluding carboxylic acids is 2. The number of rotatable bonds is 5. The summed E-state index contributed by atoms with van der Waals surface area (Å²) in [7, 11) is 1.90. The standard InChI is InChI=1S/C20H29N3O2/c1-20(2,3)18(24)21-15-6-5-7-16(12-15)22-19(25)23(4)17(13-8-9-13)14-10-11-14/h5-7,12-14,17H,8-11H2,1-4H3,(H,21,24)(H,22,25). The SMILES string of the molecule is CN(C(=O)Nc1cccc(NC(=O)C(C)(C)C)c1)C(C1CC1)C1CC1. The predicted molar refractivity (Wildman–Crippen MR) is 101 cm³/mol. The van der Waals surface area contributed by atoms with E-state index in [0.717, 1.165) is 0 Å². The van der Waals surface area contributed by atoms with Gasteiger partial charge in [0.1, 0.15) is 0 Å². The van der Waals surface area contributed by atoms with Crippen molar-refractivity contribution >= 4 is 23.3 Å². The molecule has 0 unspecified atom stereocenters. The molecule has 1 aromatic carbocycles. The maximum Gasteiger partial charge on any atom is 0.321 e. The van der Waals surface area contributed by atoms with E-state index in [1.54, 1.807) is 6.07 Å². The second-order valence-electron chi connectivity index (χ2n) is 8.49. The van der Waals surface area contributed by atoms with Gasteiger partial charge in [-0.05, 0) is 55.7 Å². The van der Waals surface area contributed by atoms with Crippen molar-refractivity contribution in [3.8, 4) is 0 Å². The third-order valence-electron chi connectivity index (χ3n) is 5.03. The maximum atomic E-state index is 12.6. The summed E-state index contributed by atoms with van der Waals surface area (Å²) in [6.07, 6.45) is 4.97. The average molecular weight is 343 g/mol. The fraction of sp³-hybridized carbons (Fsp3) is 0.600. The van der Waals surface area contributed by atoms with Gasteiger partial charge in [0.05, 0.1) is 0 Å². The number of hydrogen-bond donors (Lipinski definition) is 2. The molecular weight excluding hydrogens is 314 g/mol. The molecule has 2 fully saturated rings. The molecule has 0 saturated heterocycles. The van der Waals surface area contributed by atoms with Gasteiger partial charge in [0.25, 0.3) is 0 Å². The number of nitrogens with zero attached hydrogens (tertiary/aromatic N) is 1. The first-order valence-corrected chi connectivity index (χ1v) is 9.21. The highest BCUT2D eigenvalue weighted by Crippen LogP contribution is 2.46. The van der Waals surface area contributed by atoms with Gasteiger partial charge in [-0.25, -0.2) is 4.79 Å². The van der Waals surface area contributed by atoms with Gasteiger partial charge < -0.3 is 15.5 Å². The van der Waals surface area contributed by atoms with Crippen molar-refractivity contribution in [3.05, 3.63) is 24.3 Å². The fourth-order valence-electron chi connectivity index (χ4n) is 3.23. The van der Waals surface area contributed by atoms with E-state index in [1.807, 2.05) is 50.9 Å². The van der Waals surface area contributed by atoms with E-state index in [4.69, 9.17) is 0 Å². The van der Waals surface area contributed by atoms with Crippen LogP contribution in [0.1, 0.15) is 46.5 Å². The van der Waals surface area contributed by atoms with Gasteiger partial charge in [-0.15, -0.1) is 0 Å². The Morgan fingerprint density at radius 3 is 2.04 bits per heavy atom. The third kappa shape index (κ3) is 4.53. The number of amides is 3. The Balaban J connectivity index is 1.63. The number of anilines is 2. The summed E-state index contributed by atoms with van der Waals surface area (Å²) in [6.45, 7) is 5.62. The molecule has 0 heterocycles. The molecule has 2 aliphatic rings. The second-order valence-corrected chi connectivity index (χ2v) is 8.49. The van der Waals surface area contributed by atoms with Gasteiger partial charge >= 0.3 is 6.03 Å². The second kappa shape index (κ2) is 6.70. The zero-order valence-electron chi connectivity index (χ0n) is 15.6. The van der Waals surface area contributed by atoms with Crippen LogP contribution in [0.5, 0.6) is 0 Å². The van der Waals surface area contributed by atoms with E-state index < -0.39 is 5.41 Å². The summed E-state index contributed by atoms with van der Waals surface area (Å²) in [4.78, 5) is 26.6. The lowest BCUT2D eigenvalue weighted by molar-refractivity contribution is -0.123. The van der Waals surface area contributed by atoms with Crippen molar-refractivity contribution in [1.29, 1.82) is 0 Å². The third-order valence-corrected chi connectivity index (χ3v) is 5.03. The minimum Gasteiger partial charge on any atom is -0.326 e. The Labute approximate surface area is 150 Å². The summed E-state index contributed by atoms with van der Waals surface area (Å²) in [6, 6.07) is 7.64. The summed E-state index contributed by atoms with van der Waals surface area (Å²) in [5, 5.41) is 5.88. The van der Waals surface area contributed by atoms with Gasteiger partial charge in [-0.1, -0.05) is 26.8 Å². The number of benzene rings is 1. The Morgan fingerprint density at radius 1 is 1.04 bits per heavy atom. The van der Waals surface area contributed by atoms with Gasteiger partial charge in [0.15, 0.2) is 0 Å². The van der Waals surface area contributed by atoms with Crippen molar-refractivity contribution in [3.63, 3.8) is 0 Å². The summed E-state index contributed by atoms with van der Waals surface area (Å²) in [5.74, 6) is 1.32. The molecule has 5 heteroatoms. The van der Waals surface area contributed by atoms with Gasteiger partial charge in [-0.2, -0.15) is 0 Å². The summed E-state index contributed by atoms with van der Waals surface area (Å²) < 4.78 is 0. The number of hydrogen-bond acceptors (Lipinski definition) is 2. The first-order valence-electron chi connectivity index (χ1n) is 9.21. The van der Waals surface area contributed by atoms with E-state index in [0.29, 0.717) is 29.3 Å². The van der Waals surface area contributed by atoms with E-state index in [2.05, 4.69) is 10.6 Å². The molecule has 0 aliphatic heterocycles. The Kier molecular flexibility index (Phi) is 4.76. The molecule has 0 atom stereocenters. The van der Waals surface area contributed by atoms with Crippen LogP contribution < -0.4 is 10.6 Å². The minimum absolute atomic E-state index is 0.0457. The van der Waals surface area contributed by atoms with Crippen molar-refractivity contribution in [2.24, 2.45) is 17.3 Å². The Bertz CT molecular complexity index is 645. The molecule has 0 spiro atoms. The van der Waals surface area contributed by atoms with Gasteiger partial charge in [0, 0.05) is 29.9 Å². The lowest BCUT2D eigenvalue weighted by atomic mass is 9.95. The molecule has 1 aromatic rings. The molecule has 136 valence electrons. The van der Waals surface area contributed by atoms with Gasteiger partial charge in [-0.3, -0.25) is 4.79 Å². The zero-order chi connectivity index (χ0) is 18.2. The molecular formula is C20H29N3O2. The van der Waals surface area contributed by atoms with Crippen molar-refractivity contribution in [2.75, 3.05) is 17.7 Å². The minimum atomic E-state index is -0.457. The first kappa shape index (κ1) is 17.8. The van der Waals surface area contributed by atoms with Crippen LogP contribution in [0.25, 0.3) is 0 Å². The van der Waals surface area contributed by atoms with Crippen LogP contribution in [0.3, 0.4) is 0 Å². The average Bonchev–Trinajstić information content (AvgIpc) is 3.41. The van der Waals surface area contributed by atoms with Crippen molar-refractivity contribution in [2.45, 2.75) is 52.5 Å². The smallest absolute Gasteiger partial charge is 0.321 e. The normalized spacial score (nSPS) is 17.3. The van der Waals surface area contributed by atoms with Crippen LogP contribution in [0.4, 0.5) is 16.2 Å². The lowest BCUT2D eigenvalue weighted by Gasteiger charge is -2.28. The highest BCUT2D eigenvalue weighted by atomic mass is 16.2.